The largest absolute Gasteiger partial charge is 0.350 e. The molecule has 0 atom stereocenters. The van der Waals surface area contributed by atoms with Gasteiger partial charge in [0.1, 0.15) is 0 Å². The van der Waals surface area contributed by atoms with Crippen LogP contribution in [-0.2, 0) is 17.9 Å². The number of pyridine rings is 1. The second-order valence-corrected chi connectivity index (χ2v) is 7.76. The van der Waals surface area contributed by atoms with Crippen LogP contribution in [0.2, 0.25) is 0 Å². The number of carbonyl (C=O) groups excluding carboxylic acids is 1. The molecule has 29 heavy (non-hydrogen) atoms. The van der Waals surface area contributed by atoms with Gasteiger partial charge in [-0.2, -0.15) is 0 Å². The third-order valence-electron chi connectivity index (χ3n) is 4.59. The molecule has 7 heteroatoms. The number of unbranched alkanes of at least 4 members (excludes halogenated alkanes) is 3. The highest BCUT2D eigenvalue weighted by atomic mass is 32.2. The number of hydrogen-bond donors (Lipinski definition) is 1. The van der Waals surface area contributed by atoms with Crippen molar-refractivity contribution in [3.8, 4) is 0 Å². The summed E-state index contributed by atoms with van der Waals surface area (Å²) in [6.07, 6.45) is 5.99. The highest BCUT2D eigenvalue weighted by Crippen LogP contribution is 2.18. The number of rotatable bonds is 10. The van der Waals surface area contributed by atoms with Crippen LogP contribution < -0.4 is 10.9 Å². The smallest absolute Gasteiger partial charge is 0.262 e. The SMILES string of the molecule is CCCCCCn1c(SCC(=O)NCc2ccccn2)nc2ccccc2c1=O. The molecule has 0 aliphatic rings. The molecule has 0 bridgehead atoms. The lowest BCUT2D eigenvalue weighted by molar-refractivity contribution is -0.118. The van der Waals surface area contributed by atoms with Gasteiger partial charge >= 0.3 is 0 Å². The van der Waals surface area contributed by atoms with Gasteiger partial charge < -0.3 is 5.32 Å². The summed E-state index contributed by atoms with van der Waals surface area (Å²) in [6, 6.07) is 13.0. The molecular formula is C22H26N4O2S. The molecule has 1 amide bonds. The molecule has 1 N–H and O–H groups in total. The van der Waals surface area contributed by atoms with Crippen LogP contribution in [0.3, 0.4) is 0 Å². The minimum atomic E-state index is -0.111. The molecule has 1 aromatic carbocycles. The van der Waals surface area contributed by atoms with E-state index in [1.54, 1.807) is 16.8 Å². The lowest BCUT2D eigenvalue weighted by Crippen LogP contribution is -2.27. The number of thioether (sulfide) groups is 1. The number of aromatic nitrogens is 3. The van der Waals surface area contributed by atoms with E-state index in [2.05, 4.69) is 22.2 Å². The van der Waals surface area contributed by atoms with Crippen molar-refractivity contribution in [1.29, 1.82) is 0 Å². The minimum Gasteiger partial charge on any atom is -0.350 e. The Bertz CT molecular complexity index is 1000. The zero-order chi connectivity index (χ0) is 20.5. The van der Waals surface area contributed by atoms with Gasteiger partial charge in [-0.15, -0.1) is 0 Å². The molecule has 0 saturated carbocycles. The molecule has 0 spiro atoms. The van der Waals surface area contributed by atoms with Gasteiger partial charge in [0.05, 0.1) is 28.9 Å². The van der Waals surface area contributed by atoms with Gasteiger partial charge in [-0.05, 0) is 30.7 Å². The Morgan fingerprint density at radius 1 is 1.10 bits per heavy atom. The zero-order valence-corrected chi connectivity index (χ0v) is 17.5. The lowest BCUT2D eigenvalue weighted by atomic mass is 10.2. The molecule has 3 rings (SSSR count). The van der Waals surface area contributed by atoms with Crippen LogP contribution in [0, 0.1) is 0 Å². The molecule has 0 aliphatic heterocycles. The van der Waals surface area contributed by atoms with E-state index in [4.69, 9.17) is 0 Å². The van der Waals surface area contributed by atoms with E-state index in [0.29, 0.717) is 29.1 Å². The Morgan fingerprint density at radius 2 is 1.93 bits per heavy atom. The van der Waals surface area contributed by atoms with Crippen molar-refractivity contribution in [2.24, 2.45) is 0 Å². The monoisotopic (exact) mass is 410 g/mol. The van der Waals surface area contributed by atoms with Crippen molar-refractivity contribution in [2.75, 3.05) is 5.75 Å². The number of nitrogens with one attached hydrogen (secondary N) is 1. The van der Waals surface area contributed by atoms with E-state index in [1.807, 2.05) is 36.4 Å². The molecule has 0 saturated heterocycles. The normalized spacial score (nSPS) is 10.9. The van der Waals surface area contributed by atoms with Crippen LogP contribution >= 0.6 is 11.8 Å². The van der Waals surface area contributed by atoms with Crippen LogP contribution in [0.4, 0.5) is 0 Å². The zero-order valence-electron chi connectivity index (χ0n) is 16.6. The average molecular weight is 411 g/mol. The van der Waals surface area contributed by atoms with Gasteiger partial charge in [0.25, 0.3) is 5.56 Å². The predicted octanol–water partition coefficient (Wildman–Crippen LogP) is 3.78. The fourth-order valence-electron chi connectivity index (χ4n) is 3.02. The first kappa shape index (κ1) is 21.0. The summed E-state index contributed by atoms with van der Waals surface area (Å²) in [6.45, 7) is 3.17. The standard InChI is InChI=1S/C22H26N4O2S/c1-2-3-4-9-14-26-21(28)18-11-5-6-12-19(18)25-22(26)29-16-20(27)24-15-17-10-7-8-13-23-17/h5-8,10-13H,2-4,9,14-16H2,1H3,(H,24,27). The van der Waals surface area contributed by atoms with Crippen LogP contribution in [-0.4, -0.2) is 26.2 Å². The van der Waals surface area contributed by atoms with E-state index < -0.39 is 0 Å². The number of hydrogen-bond acceptors (Lipinski definition) is 5. The molecule has 0 unspecified atom stereocenters. The van der Waals surface area contributed by atoms with Crippen molar-refractivity contribution < 1.29 is 4.79 Å². The maximum absolute atomic E-state index is 13.0. The number of fused-ring (bicyclic) bond motifs is 1. The maximum Gasteiger partial charge on any atom is 0.262 e. The van der Waals surface area contributed by atoms with Gasteiger partial charge in [0.2, 0.25) is 5.91 Å². The average Bonchev–Trinajstić information content (AvgIpc) is 2.76. The van der Waals surface area contributed by atoms with E-state index in [9.17, 15) is 9.59 Å². The Balaban J connectivity index is 1.70. The van der Waals surface area contributed by atoms with Crippen molar-refractivity contribution in [3.63, 3.8) is 0 Å². The summed E-state index contributed by atoms with van der Waals surface area (Å²) in [5.41, 5.74) is 1.43. The fourth-order valence-corrected chi connectivity index (χ4v) is 3.88. The first-order valence-electron chi connectivity index (χ1n) is 9.98. The summed E-state index contributed by atoms with van der Waals surface area (Å²) in [5.74, 6) is 0.0904. The molecule has 0 radical (unpaired) electrons. The number of nitrogens with zero attached hydrogens (tertiary/aromatic N) is 3. The summed E-state index contributed by atoms with van der Waals surface area (Å²) >= 11 is 1.30. The van der Waals surface area contributed by atoms with E-state index in [0.717, 1.165) is 31.4 Å². The summed E-state index contributed by atoms with van der Waals surface area (Å²) < 4.78 is 1.72. The Kier molecular flexibility index (Phi) is 7.81. The van der Waals surface area contributed by atoms with Gasteiger partial charge in [0.15, 0.2) is 5.16 Å². The highest BCUT2D eigenvalue weighted by Gasteiger charge is 2.13. The molecule has 3 aromatic rings. The number of carbonyl (C=O) groups is 1. The Hall–Kier alpha value is -2.67. The lowest BCUT2D eigenvalue weighted by Gasteiger charge is -2.13. The number of amides is 1. The first-order chi connectivity index (χ1) is 14.2. The van der Waals surface area contributed by atoms with Gasteiger partial charge in [-0.1, -0.05) is 56.1 Å². The Labute approximate surface area is 174 Å². The molecule has 2 aromatic heterocycles. The van der Waals surface area contributed by atoms with Gasteiger partial charge in [-0.3, -0.25) is 19.1 Å². The topological polar surface area (TPSA) is 76.9 Å². The predicted molar refractivity (Wildman–Crippen MR) is 117 cm³/mol. The molecule has 2 heterocycles. The third-order valence-corrected chi connectivity index (χ3v) is 5.56. The maximum atomic E-state index is 13.0. The van der Waals surface area contributed by atoms with Crippen molar-refractivity contribution in [3.05, 3.63) is 64.7 Å². The van der Waals surface area contributed by atoms with Crippen LogP contribution in [0.25, 0.3) is 10.9 Å². The van der Waals surface area contributed by atoms with Gasteiger partial charge in [-0.25, -0.2) is 4.98 Å². The quantitative estimate of drug-likeness (QED) is 0.313. The summed E-state index contributed by atoms with van der Waals surface area (Å²) in [4.78, 5) is 34.1. The molecular weight excluding hydrogens is 384 g/mol. The third kappa shape index (κ3) is 5.90. The summed E-state index contributed by atoms with van der Waals surface area (Å²) in [5, 5.41) is 4.08. The van der Waals surface area contributed by atoms with Crippen molar-refractivity contribution in [1.82, 2.24) is 19.9 Å². The van der Waals surface area contributed by atoms with Crippen molar-refractivity contribution in [2.45, 2.75) is 50.9 Å². The molecule has 152 valence electrons. The summed E-state index contributed by atoms with van der Waals surface area (Å²) in [7, 11) is 0. The van der Waals surface area contributed by atoms with Crippen LogP contribution in [0.1, 0.15) is 38.3 Å². The Morgan fingerprint density at radius 3 is 2.72 bits per heavy atom. The van der Waals surface area contributed by atoms with Crippen LogP contribution in [0.15, 0.2) is 58.6 Å². The fraction of sp³-hybridized carbons (Fsp3) is 0.364. The minimum absolute atomic E-state index is 0.0384. The van der Waals surface area contributed by atoms with E-state index in [1.165, 1.54) is 11.8 Å². The number of para-hydroxylation sites is 1. The van der Waals surface area contributed by atoms with Crippen LogP contribution in [0.5, 0.6) is 0 Å². The van der Waals surface area contributed by atoms with E-state index >= 15 is 0 Å². The molecule has 0 fully saturated rings. The molecule has 6 nitrogen and oxygen atoms in total. The highest BCUT2D eigenvalue weighted by molar-refractivity contribution is 7.99. The number of benzene rings is 1. The second-order valence-electron chi connectivity index (χ2n) is 6.82. The van der Waals surface area contributed by atoms with E-state index in [-0.39, 0.29) is 17.2 Å². The van der Waals surface area contributed by atoms with Gasteiger partial charge in [0, 0.05) is 12.7 Å². The second kappa shape index (κ2) is 10.8. The molecule has 0 aliphatic carbocycles. The van der Waals surface area contributed by atoms with Crippen molar-refractivity contribution >= 4 is 28.6 Å². The first-order valence-corrected chi connectivity index (χ1v) is 11.0.